The van der Waals surface area contributed by atoms with Gasteiger partial charge < -0.3 is 5.73 Å². The monoisotopic (exact) mass is 262 g/mol. The minimum absolute atomic E-state index is 0.428. The molecule has 1 aromatic heterocycles. The summed E-state index contributed by atoms with van der Waals surface area (Å²) in [4.78, 5) is 2.55. The lowest BCUT2D eigenvalue weighted by Gasteiger charge is -2.29. The van der Waals surface area contributed by atoms with Crippen LogP contribution in [0.1, 0.15) is 44.8 Å². The second-order valence-electron chi connectivity index (χ2n) is 6.59. The maximum atomic E-state index is 6.27. The molecule has 2 fully saturated rings. The summed E-state index contributed by atoms with van der Waals surface area (Å²) in [6.07, 6.45) is 6.00. The van der Waals surface area contributed by atoms with Gasteiger partial charge in [-0.3, -0.25) is 9.58 Å². The highest BCUT2D eigenvalue weighted by Crippen LogP contribution is 2.35. The molecule has 1 saturated heterocycles. The van der Waals surface area contributed by atoms with Crippen LogP contribution in [0.3, 0.4) is 0 Å². The molecule has 0 amide bonds. The van der Waals surface area contributed by atoms with Crippen LogP contribution in [0.4, 0.5) is 0 Å². The molecule has 1 aliphatic heterocycles. The number of nitrogens with zero attached hydrogens (tertiary/aromatic N) is 3. The summed E-state index contributed by atoms with van der Waals surface area (Å²) >= 11 is 0. The summed E-state index contributed by atoms with van der Waals surface area (Å²) in [5, 5.41) is 4.65. The Morgan fingerprint density at radius 2 is 2.21 bits per heavy atom. The highest BCUT2D eigenvalue weighted by atomic mass is 15.3. The van der Waals surface area contributed by atoms with Crippen LogP contribution in [0.15, 0.2) is 12.3 Å². The van der Waals surface area contributed by atoms with E-state index in [1.807, 2.05) is 4.68 Å². The van der Waals surface area contributed by atoms with E-state index in [1.54, 1.807) is 0 Å². The van der Waals surface area contributed by atoms with Crippen molar-refractivity contribution in [3.63, 3.8) is 0 Å². The lowest BCUT2D eigenvalue weighted by molar-refractivity contribution is 0.259. The fourth-order valence-electron chi connectivity index (χ4n) is 3.72. The van der Waals surface area contributed by atoms with E-state index in [4.69, 9.17) is 5.73 Å². The van der Waals surface area contributed by atoms with Gasteiger partial charge in [-0.05, 0) is 44.6 Å². The van der Waals surface area contributed by atoms with Crippen molar-refractivity contribution in [1.29, 1.82) is 0 Å². The zero-order chi connectivity index (χ0) is 13.4. The van der Waals surface area contributed by atoms with Gasteiger partial charge in [-0.1, -0.05) is 6.42 Å². The highest BCUT2D eigenvalue weighted by molar-refractivity contribution is 5.02. The van der Waals surface area contributed by atoms with Crippen molar-refractivity contribution < 1.29 is 0 Å². The quantitative estimate of drug-likeness (QED) is 0.906. The van der Waals surface area contributed by atoms with Crippen LogP contribution in [0.25, 0.3) is 0 Å². The molecule has 1 aromatic rings. The Balaban J connectivity index is 1.61. The fourth-order valence-corrected chi connectivity index (χ4v) is 3.72. The second-order valence-corrected chi connectivity index (χ2v) is 6.59. The van der Waals surface area contributed by atoms with Crippen LogP contribution in [-0.2, 0) is 6.54 Å². The van der Waals surface area contributed by atoms with Crippen LogP contribution in [0.5, 0.6) is 0 Å². The Morgan fingerprint density at radius 3 is 2.89 bits per heavy atom. The van der Waals surface area contributed by atoms with Gasteiger partial charge in [0.05, 0.1) is 5.69 Å². The lowest BCUT2D eigenvalue weighted by Crippen LogP contribution is -2.38. The maximum absolute atomic E-state index is 6.27. The molecular weight excluding hydrogens is 236 g/mol. The van der Waals surface area contributed by atoms with Gasteiger partial charge in [0.1, 0.15) is 0 Å². The molecule has 19 heavy (non-hydrogen) atoms. The smallest absolute Gasteiger partial charge is 0.0764 e. The topological polar surface area (TPSA) is 47.1 Å². The summed E-state index contributed by atoms with van der Waals surface area (Å²) in [6.45, 7) is 7.70. The van der Waals surface area contributed by atoms with Crippen LogP contribution >= 0.6 is 0 Å². The van der Waals surface area contributed by atoms with Crippen molar-refractivity contribution >= 4 is 0 Å². The maximum Gasteiger partial charge on any atom is 0.0764 e. The molecule has 0 bridgehead atoms. The molecule has 4 heteroatoms. The van der Waals surface area contributed by atoms with Crippen molar-refractivity contribution in [2.45, 2.75) is 51.7 Å². The van der Waals surface area contributed by atoms with Gasteiger partial charge in [-0.25, -0.2) is 0 Å². The van der Waals surface area contributed by atoms with E-state index in [0.29, 0.717) is 12.1 Å². The molecule has 106 valence electrons. The normalized spacial score (nSPS) is 31.9. The van der Waals surface area contributed by atoms with E-state index in [1.165, 1.54) is 38.0 Å². The molecule has 0 radical (unpaired) electrons. The molecule has 3 rings (SSSR count). The summed E-state index contributed by atoms with van der Waals surface area (Å²) in [6, 6.07) is 3.03. The van der Waals surface area contributed by atoms with Crippen molar-refractivity contribution in [2.24, 2.45) is 17.6 Å². The number of hydrogen-bond donors (Lipinski definition) is 1. The molecule has 2 aliphatic rings. The number of aromatic nitrogens is 2. The molecule has 0 aromatic carbocycles. The fraction of sp³-hybridized carbons (Fsp3) is 0.800. The average molecular weight is 262 g/mol. The van der Waals surface area contributed by atoms with Crippen molar-refractivity contribution in [1.82, 2.24) is 14.7 Å². The predicted molar refractivity (Wildman–Crippen MR) is 76.7 cm³/mol. The lowest BCUT2D eigenvalue weighted by atomic mass is 9.78. The molecule has 1 aliphatic carbocycles. The SMILES string of the molecule is CC(C)n1ccc(CN2CC3CCCC(N)C3C2)n1. The molecule has 3 unspecified atom stereocenters. The summed E-state index contributed by atoms with van der Waals surface area (Å²) in [5.74, 6) is 1.55. The number of fused-ring (bicyclic) bond motifs is 1. The van der Waals surface area contributed by atoms with Gasteiger partial charge >= 0.3 is 0 Å². The second kappa shape index (κ2) is 5.25. The van der Waals surface area contributed by atoms with Gasteiger partial charge in [0.25, 0.3) is 0 Å². The zero-order valence-electron chi connectivity index (χ0n) is 12.1. The largest absolute Gasteiger partial charge is 0.327 e. The van der Waals surface area contributed by atoms with E-state index in [9.17, 15) is 0 Å². The first-order chi connectivity index (χ1) is 9.13. The minimum Gasteiger partial charge on any atom is -0.327 e. The molecule has 1 saturated carbocycles. The zero-order valence-corrected chi connectivity index (χ0v) is 12.1. The standard InChI is InChI=1S/C15H26N4/c1-11(2)19-7-6-13(17-19)9-18-8-12-4-3-5-15(16)14(12)10-18/h6-7,11-12,14-15H,3-5,8-10,16H2,1-2H3. The van der Waals surface area contributed by atoms with Crippen LogP contribution < -0.4 is 5.73 Å². The van der Waals surface area contributed by atoms with Gasteiger partial charge in [0.2, 0.25) is 0 Å². The predicted octanol–water partition coefficient (Wildman–Crippen LogP) is 2.02. The van der Waals surface area contributed by atoms with E-state index in [2.05, 4.69) is 36.1 Å². The van der Waals surface area contributed by atoms with E-state index in [-0.39, 0.29) is 0 Å². The van der Waals surface area contributed by atoms with Crippen LogP contribution in [0.2, 0.25) is 0 Å². The first-order valence-electron chi connectivity index (χ1n) is 7.65. The van der Waals surface area contributed by atoms with Crippen LogP contribution in [0, 0.1) is 11.8 Å². The molecule has 4 nitrogen and oxygen atoms in total. The Bertz CT molecular complexity index is 426. The summed E-state index contributed by atoms with van der Waals surface area (Å²) in [7, 11) is 0. The molecule has 2 heterocycles. The van der Waals surface area contributed by atoms with Gasteiger partial charge in [0, 0.05) is 37.9 Å². The Morgan fingerprint density at radius 1 is 1.37 bits per heavy atom. The molecule has 3 atom stereocenters. The molecular formula is C15H26N4. The third-order valence-electron chi connectivity index (χ3n) is 4.81. The minimum atomic E-state index is 0.428. The van der Waals surface area contributed by atoms with E-state index >= 15 is 0 Å². The first kappa shape index (κ1) is 13.1. The van der Waals surface area contributed by atoms with Crippen molar-refractivity contribution in [3.8, 4) is 0 Å². The molecule has 0 spiro atoms. The van der Waals surface area contributed by atoms with Gasteiger partial charge in [-0.15, -0.1) is 0 Å². The number of rotatable bonds is 3. The summed E-state index contributed by atoms with van der Waals surface area (Å²) in [5.41, 5.74) is 7.47. The Labute approximate surface area is 116 Å². The number of hydrogen-bond acceptors (Lipinski definition) is 3. The van der Waals surface area contributed by atoms with E-state index < -0.39 is 0 Å². The van der Waals surface area contributed by atoms with Gasteiger partial charge in [-0.2, -0.15) is 5.10 Å². The number of likely N-dealkylation sites (tertiary alicyclic amines) is 1. The average Bonchev–Trinajstić information content (AvgIpc) is 2.96. The highest BCUT2D eigenvalue weighted by Gasteiger charge is 2.38. The third-order valence-corrected chi connectivity index (χ3v) is 4.81. The summed E-state index contributed by atoms with van der Waals surface area (Å²) < 4.78 is 2.05. The Kier molecular flexibility index (Phi) is 3.63. The van der Waals surface area contributed by atoms with E-state index in [0.717, 1.165) is 18.4 Å². The number of nitrogens with two attached hydrogens (primary N) is 1. The van der Waals surface area contributed by atoms with Crippen LogP contribution in [-0.4, -0.2) is 33.8 Å². The first-order valence-corrected chi connectivity index (χ1v) is 7.65. The van der Waals surface area contributed by atoms with Crippen molar-refractivity contribution in [2.75, 3.05) is 13.1 Å². The Hall–Kier alpha value is -0.870. The third kappa shape index (κ3) is 2.70. The van der Waals surface area contributed by atoms with Gasteiger partial charge in [0.15, 0.2) is 0 Å². The van der Waals surface area contributed by atoms with Crippen molar-refractivity contribution in [3.05, 3.63) is 18.0 Å². The molecule has 2 N–H and O–H groups in total.